The van der Waals surface area contributed by atoms with Gasteiger partial charge in [-0.3, -0.25) is 9.59 Å². The number of aliphatic carboxylic acids is 1. The molecular weight excluding hydrogens is 318 g/mol. The molecule has 0 radical (unpaired) electrons. The van der Waals surface area contributed by atoms with Crippen LogP contribution < -0.4 is 5.32 Å². The Balaban J connectivity index is 2.84. The van der Waals surface area contributed by atoms with Crippen LogP contribution in [0.5, 0.6) is 0 Å². The van der Waals surface area contributed by atoms with E-state index >= 15 is 0 Å². The van der Waals surface area contributed by atoms with Gasteiger partial charge in [0, 0.05) is 4.47 Å². The number of nitrogens with one attached hydrogen (secondary N) is 1. The first kappa shape index (κ1) is 15.0. The van der Waals surface area contributed by atoms with E-state index in [0.717, 1.165) is 10.0 Å². The number of amides is 1. The van der Waals surface area contributed by atoms with Crippen molar-refractivity contribution in [2.24, 2.45) is 0 Å². The number of benzene rings is 1. The number of rotatable bonds is 6. The normalized spacial score (nSPS) is 11.9. The summed E-state index contributed by atoms with van der Waals surface area (Å²) in [4.78, 5) is 22.4. The van der Waals surface area contributed by atoms with Crippen LogP contribution >= 0.6 is 27.7 Å². The number of hydrogen-bond donors (Lipinski definition) is 2. The molecule has 1 aromatic rings. The minimum absolute atomic E-state index is 0.128. The number of halogens is 1. The Kier molecular flexibility index (Phi) is 6.21. The van der Waals surface area contributed by atoms with E-state index in [1.54, 1.807) is 6.07 Å². The maximum absolute atomic E-state index is 11.6. The Morgan fingerprint density at radius 3 is 2.78 bits per heavy atom. The number of carbonyl (C=O) groups is 2. The van der Waals surface area contributed by atoms with Gasteiger partial charge in [0.2, 0.25) is 5.91 Å². The lowest BCUT2D eigenvalue weighted by Gasteiger charge is -2.17. The second kappa shape index (κ2) is 7.43. The van der Waals surface area contributed by atoms with Gasteiger partial charge in [0.1, 0.15) is 0 Å². The van der Waals surface area contributed by atoms with Gasteiger partial charge in [-0.1, -0.05) is 28.1 Å². The molecule has 4 nitrogen and oxygen atoms in total. The molecule has 1 amide bonds. The van der Waals surface area contributed by atoms with Gasteiger partial charge >= 0.3 is 5.97 Å². The van der Waals surface area contributed by atoms with Gasteiger partial charge in [-0.25, -0.2) is 0 Å². The van der Waals surface area contributed by atoms with Gasteiger partial charge < -0.3 is 10.4 Å². The topological polar surface area (TPSA) is 66.4 Å². The summed E-state index contributed by atoms with van der Waals surface area (Å²) in [6.07, 6.45) is 1.70. The summed E-state index contributed by atoms with van der Waals surface area (Å²) in [6.45, 7) is 0. The van der Waals surface area contributed by atoms with Crippen LogP contribution in [-0.4, -0.2) is 29.0 Å². The molecule has 1 atom stereocenters. The molecule has 0 saturated carbocycles. The molecule has 0 aromatic heterocycles. The first-order chi connectivity index (χ1) is 8.52. The van der Waals surface area contributed by atoms with E-state index in [2.05, 4.69) is 21.2 Å². The lowest BCUT2D eigenvalue weighted by molar-refractivity contribution is -0.137. The summed E-state index contributed by atoms with van der Waals surface area (Å²) in [5, 5.41) is 11.6. The summed E-state index contributed by atoms with van der Waals surface area (Å²) in [5.74, 6) is -0.775. The fraction of sp³-hybridized carbons (Fsp3) is 0.333. The molecule has 2 N–H and O–H groups in total. The molecule has 1 rings (SSSR count). The van der Waals surface area contributed by atoms with Crippen LogP contribution in [0.25, 0.3) is 0 Å². The van der Waals surface area contributed by atoms with Crippen molar-refractivity contribution in [3.8, 4) is 0 Å². The van der Waals surface area contributed by atoms with Crippen molar-refractivity contribution < 1.29 is 14.7 Å². The SMILES string of the molecule is CSCC(=O)NC(CC(=O)O)c1cccc(Br)c1. The zero-order chi connectivity index (χ0) is 13.5. The van der Waals surface area contributed by atoms with Crippen molar-refractivity contribution in [2.45, 2.75) is 12.5 Å². The van der Waals surface area contributed by atoms with E-state index in [9.17, 15) is 9.59 Å². The highest BCUT2D eigenvalue weighted by molar-refractivity contribution is 9.10. The Bertz CT molecular complexity index is 439. The second-order valence-corrected chi connectivity index (χ2v) is 5.49. The highest BCUT2D eigenvalue weighted by Crippen LogP contribution is 2.21. The summed E-state index contributed by atoms with van der Waals surface area (Å²) < 4.78 is 0.856. The first-order valence-corrected chi connectivity index (χ1v) is 7.47. The molecule has 0 bridgehead atoms. The van der Waals surface area contributed by atoms with Crippen molar-refractivity contribution in [3.05, 3.63) is 34.3 Å². The van der Waals surface area contributed by atoms with E-state index in [1.807, 2.05) is 24.5 Å². The molecule has 0 aliphatic rings. The molecular formula is C12H14BrNO3S. The summed E-state index contributed by atoms with van der Waals surface area (Å²) in [6, 6.07) is 6.78. The number of carboxylic acid groups (broad SMARTS) is 1. The number of hydrogen-bond acceptors (Lipinski definition) is 3. The van der Waals surface area contributed by atoms with Crippen LogP contribution in [0.15, 0.2) is 28.7 Å². The van der Waals surface area contributed by atoms with Gasteiger partial charge in [0.15, 0.2) is 0 Å². The smallest absolute Gasteiger partial charge is 0.305 e. The molecule has 0 aliphatic carbocycles. The zero-order valence-electron chi connectivity index (χ0n) is 9.85. The summed E-state index contributed by atoms with van der Waals surface area (Å²) >= 11 is 4.73. The molecule has 1 aromatic carbocycles. The maximum atomic E-state index is 11.6. The second-order valence-electron chi connectivity index (χ2n) is 3.71. The predicted molar refractivity (Wildman–Crippen MR) is 75.7 cm³/mol. The number of thioether (sulfide) groups is 1. The molecule has 1 unspecified atom stereocenters. The molecule has 0 aliphatic heterocycles. The zero-order valence-corrected chi connectivity index (χ0v) is 12.3. The van der Waals surface area contributed by atoms with E-state index in [1.165, 1.54) is 11.8 Å². The van der Waals surface area contributed by atoms with Crippen LogP contribution in [0.4, 0.5) is 0 Å². The minimum atomic E-state index is -0.940. The molecule has 0 saturated heterocycles. The third-order valence-electron chi connectivity index (χ3n) is 2.24. The highest BCUT2D eigenvalue weighted by atomic mass is 79.9. The number of carboxylic acids is 1. The molecule has 18 heavy (non-hydrogen) atoms. The lowest BCUT2D eigenvalue weighted by Crippen LogP contribution is -2.31. The van der Waals surface area contributed by atoms with Crippen molar-refractivity contribution in [3.63, 3.8) is 0 Å². The van der Waals surface area contributed by atoms with E-state index in [4.69, 9.17) is 5.11 Å². The van der Waals surface area contributed by atoms with Crippen LogP contribution in [0.1, 0.15) is 18.0 Å². The lowest BCUT2D eigenvalue weighted by atomic mass is 10.0. The third-order valence-corrected chi connectivity index (χ3v) is 3.28. The van der Waals surface area contributed by atoms with Crippen LogP contribution in [-0.2, 0) is 9.59 Å². The summed E-state index contributed by atoms with van der Waals surface area (Å²) in [5.41, 5.74) is 0.779. The maximum Gasteiger partial charge on any atom is 0.305 e. The molecule has 6 heteroatoms. The van der Waals surface area contributed by atoms with Gasteiger partial charge in [-0.2, -0.15) is 11.8 Å². The van der Waals surface area contributed by atoms with Crippen LogP contribution in [0.2, 0.25) is 0 Å². The monoisotopic (exact) mass is 331 g/mol. The van der Waals surface area contributed by atoms with E-state index in [-0.39, 0.29) is 12.3 Å². The average molecular weight is 332 g/mol. The van der Waals surface area contributed by atoms with E-state index < -0.39 is 12.0 Å². The minimum Gasteiger partial charge on any atom is -0.481 e. The largest absolute Gasteiger partial charge is 0.481 e. The van der Waals surface area contributed by atoms with Crippen LogP contribution in [0.3, 0.4) is 0 Å². The average Bonchev–Trinajstić information content (AvgIpc) is 2.28. The molecule has 0 heterocycles. The fourth-order valence-electron chi connectivity index (χ4n) is 1.52. The number of carbonyl (C=O) groups excluding carboxylic acids is 1. The Hall–Kier alpha value is -1.01. The van der Waals surface area contributed by atoms with Crippen molar-refractivity contribution in [1.82, 2.24) is 5.32 Å². The molecule has 0 spiro atoms. The quantitative estimate of drug-likeness (QED) is 0.840. The van der Waals surface area contributed by atoms with Gasteiger partial charge in [-0.05, 0) is 24.0 Å². The Labute approximate surface area is 118 Å². The van der Waals surface area contributed by atoms with Crippen molar-refractivity contribution in [1.29, 1.82) is 0 Å². The standard InChI is InChI=1S/C12H14BrNO3S/c1-18-7-11(15)14-10(6-12(16)17)8-3-2-4-9(13)5-8/h2-5,10H,6-7H2,1H3,(H,14,15)(H,16,17). The van der Waals surface area contributed by atoms with Crippen molar-refractivity contribution >= 4 is 39.6 Å². The molecule has 0 fully saturated rings. The van der Waals surface area contributed by atoms with Crippen LogP contribution in [0, 0.1) is 0 Å². The highest BCUT2D eigenvalue weighted by Gasteiger charge is 2.17. The first-order valence-electron chi connectivity index (χ1n) is 5.28. The van der Waals surface area contributed by atoms with Gasteiger partial charge in [0.25, 0.3) is 0 Å². The van der Waals surface area contributed by atoms with Gasteiger partial charge in [-0.15, -0.1) is 0 Å². The molecule has 98 valence electrons. The Morgan fingerprint density at radius 1 is 1.50 bits per heavy atom. The summed E-state index contributed by atoms with van der Waals surface area (Å²) in [7, 11) is 0. The Morgan fingerprint density at radius 2 is 2.22 bits per heavy atom. The van der Waals surface area contributed by atoms with Crippen molar-refractivity contribution in [2.75, 3.05) is 12.0 Å². The van der Waals surface area contributed by atoms with E-state index in [0.29, 0.717) is 5.75 Å². The van der Waals surface area contributed by atoms with Gasteiger partial charge in [0.05, 0.1) is 18.2 Å². The fourth-order valence-corrected chi connectivity index (χ4v) is 2.28. The predicted octanol–water partition coefficient (Wildman–Crippen LogP) is 2.44. The third kappa shape index (κ3) is 5.10.